The molecule has 0 bridgehead atoms. The number of nitrogens with one attached hydrogen (secondary N) is 4. The molecule has 0 unspecified atom stereocenters. The Morgan fingerprint density at radius 1 is 0.360 bits per heavy atom. The van der Waals surface area contributed by atoms with Gasteiger partial charge in [0, 0.05) is 45.0 Å². The maximum Gasteiger partial charge on any atom is 0.416 e. The molecule has 0 saturated heterocycles. The minimum Gasteiger partial charge on any atom is -0.322 e. The largest absolute Gasteiger partial charge is 0.416 e. The molecule has 5 aromatic carbocycles. The highest BCUT2D eigenvalue weighted by atomic mass is 19.4. The van der Waals surface area contributed by atoms with Crippen LogP contribution in [0.4, 0.5) is 49.1 Å². The van der Waals surface area contributed by atoms with E-state index in [9.17, 15) is 45.5 Å². The Balaban J connectivity index is 1.13. The molecule has 0 aromatic heterocycles. The third-order valence-corrected chi connectivity index (χ3v) is 7.11. The van der Waals surface area contributed by atoms with Gasteiger partial charge in [-0.05, 0) is 109 Å². The van der Waals surface area contributed by atoms with Crippen molar-refractivity contribution in [2.75, 3.05) is 21.3 Å². The van der Waals surface area contributed by atoms with Crippen LogP contribution in [0.2, 0.25) is 0 Å². The number of benzene rings is 5. The first-order valence-corrected chi connectivity index (χ1v) is 14.6. The standard InChI is InChI=1S/C36H24F6N4O4/c37-35(38,39)25-3-1-5-29(19-25)45-33(49)23-11-15-27(16-12-23)43-31(47)21-7-9-22(10-8-21)32(48)44-28-17-13-24(14-18-28)34(50)46-30-6-2-4-26(20-30)36(40,41)42/h1-20H,(H,43,47)(H,44,48)(H,45,49)(H,46,50). The summed E-state index contributed by atoms with van der Waals surface area (Å²) in [4.78, 5) is 50.5. The van der Waals surface area contributed by atoms with E-state index < -0.39 is 47.1 Å². The molecule has 5 rings (SSSR count). The number of amides is 4. The fourth-order valence-electron chi connectivity index (χ4n) is 4.54. The van der Waals surface area contributed by atoms with Gasteiger partial charge in [-0.25, -0.2) is 0 Å². The summed E-state index contributed by atoms with van der Waals surface area (Å²) in [6.07, 6.45) is -9.12. The van der Waals surface area contributed by atoms with Crippen LogP contribution in [0, 0.1) is 0 Å². The Morgan fingerprint density at radius 3 is 0.900 bits per heavy atom. The number of rotatable bonds is 8. The molecule has 4 amide bonds. The van der Waals surface area contributed by atoms with E-state index in [1.807, 2.05) is 0 Å². The van der Waals surface area contributed by atoms with Gasteiger partial charge in [0.2, 0.25) is 0 Å². The SMILES string of the molecule is O=C(Nc1ccc(C(=O)Nc2cccc(C(F)(F)F)c2)cc1)c1ccc(C(=O)Nc2ccc(C(=O)Nc3cccc(C(F)(F)F)c3)cc2)cc1. The quantitative estimate of drug-likeness (QED) is 0.122. The highest BCUT2D eigenvalue weighted by Crippen LogP contribution is 2.32. The Labute approximate surface area is 280 Å². The third kappa shape index (κ3) is 8.92. The first kappa shape index (κ1) is 34.9. The summed E-state index contributed by atoms with van der Waals surface area (Å²) in [7, 11) is 0. The van der Waals surface area contributed by atoms with Crippen molar-refractivity contribution in [3.05, 3.63) is 155 Å². The summed E-state index contributed by atoms with van der Waals surface area (Å²) in [6, 6.07) is 25.4. The van der Waals surface area contributed by atoms with Gasteiger partial charge in [-0.2, -0.15) is 26.3 Å². The van der Waals surface area contributed by atoms with E-state index in [-0.39, 0.29) is 33.6 Å². The van der Waals surface area contributed by atoms with E-state index in [0.717, 1.165) is 24.3 Å². The van der Waals surface area contributed by atoms with E-state index in [1.165, 1.54) is 97.1 Å². The average molecular weight is 691 g/mol. The van der Waals surface area contributed by atoms with Gasteiger partial charge in [-0.3, -0.25) is 19.2 Å². The minimum absolute atomic E-state index is 0.0307. The fraction of sp³-hybridized carbons (Fsp3) is 0.0556. The number of carbonyl (C=O) groups is 4. The van der Waals surface area contributed by atoms with Gasteiger partial charge < -0.3 is 21.3 Å². The number of halogens is 6. The van der Waals surface area contributed by atoms with E-state index in [4.69, 9.17) is 0 Å². The van der Waals surface area contributed by atoms with E-state index in [1.54, 1.807) is 0 Å². The van der Waals surface area contributed by atoms with Crippen molar-refractivity contribution in [3.8, 4) is 0 Å². The summed E-state index contributed by atoms with van der Waals surface area (Å²) in [5, 5.41) is 10.1. The second kappa shape index (κ2) is 14.4. The first-order chi connectivity index (χ1) is 23.7. The molecule has 4 N–H and O–H groups in total. The second-order valence-corrected chi connectivity index (χ2v) is 10.7. The summed E-state index contributed by atoms with van der Waals surface area (Å²) in [5.74, 6) is -2.33. The monoisotopic (exact) mass is 690 g/mol. The predicted molar refractivity (Wildman–Crippen MR) is 174 cm³/mol. The summed E-state index contributed by atoms with van der Waals surface area (Å²) >= 11 is 0. The smallest absolute Gasteiger partial charge is 0.322 e. The van der Waals surface area contributed by atoms with Crippen molar-refractivity contribution in [1.82, 2.24) is 0 Å². The lowest BCUT2D eigenvalue weighted by Crippen LogP contribution is -2.15. The van der Waals surface area contributed by atoms with Crippen molar-refractivity contribution >= 4 is 46.4 Å². The third-order valence-electron chi connectivity index (χ3n) is 7.11. The molecule has 8 nitrogen and oxygen atoms in total. The van der Waals surface area contributed by atoms with Crippen molar-refractivity contribution in [2.24, 2.45) is 0 Å². The highest BCUT2D eigenvalue weighted by Gasteiger charge is 2.31. The van der Waals surface area contributed by atoms with Gasteiger partial charge in [0.25, 0.3) is 23.6 Å². The van der Waals surface area contributed by atoms with Crippen LogP contribution >= 0.6 is 0 Å². The van der Waals surface area contributed by atoms with Crippen LogP contribution in [0.1, 0.15) is 52.6 Å². The Kier molecular flexibility index (Phi) is 10.0. The van der Waals surface area contributed by atoms with E-state index >= 15 is 0 Å². The summed E-state index contributed by atoms with van der Waals surface area (Å²) in [5.41, 5.74) is -0.495. The molecule has 254 valence electrons. The average Bonchev–Trinajstić information content (AvgIpc) is 3.08. The zero-order valence-corrected chi connectivity index (χ0v) is 25.4. The van der Waals surface area contributed by atoms with E-state index in [0.29, 0.717) is 11.4 Å². The van der Waals surface area contributed by atoms with Gasteiger partial charge in [0.1, 0.15) is 0 Å². The molecule has 0 saturated carbocycles. The fourth-order valence-corrected chi connectivity index (χ4v) is 4.54. The van der Waals surface area contributed by atoms with Gasteiger partial charge in [-0.15, -0.1) is 0 Å². The first-order valence-electron chi connectivity index (χ1n) is 14.6. The molecule has 0 spiro atoms. The lowest BCUT2D eigenvalue weighted by Gasteiger charge is -2.11. The van der Waals surface area contributed by atoms with Crippen LogP contribution in [0.15, 0.2) is 121 Å². The van der Waals surface area contributed by atoms with Gasteiger partial charge in [0.15, 0.2) is 0 Å². The Bertz CT molecular complexity index is 1900. The lowest BCUT2D eigenvalue weighted by atomic mass is 10.1. The number of hydrogen-bond donors (Lipinski definition) is 4. The number of carbonyl (C=O) groups excluding carboxylic acids is 4. The summed E-state index contributed by atoms with van der Waals surface area (Å²) < 4.78 is 77.7. The molecular formula is C36H24F6N4O4. The number of hydrogen-bond acceptors (Lipinski definition) is 4. The molecule has 50 heavy (non-hydrogen) atoms. The molecule has 0 atom stereocenters. The predicted octanol–water partition coefficient (Wildman–Crippen LogP) is 8.73. The number of anilines is 4. The van der Waals surface area contributed by atoms with Crippen molar-refractivity contribution in [1.29, 1.82) is 0 Å². The topological polar surface area (TPSA) is 116 Å². The van der Waals surface area contributed by atoms with Gasteiger partial charge in [-0.1, -0.05) is 12.1 Å². The van der Waals surface area contributed by atoms with Crippen LogP contribution in [-0.2, 0) is 12.4 Å². The van der Waals surface area contributed by atoms with E-state index in [2.05, 4.69) is 21.3 Å². The molecule has 0 fully saturated rings. The lowest BCUT2D eigenvalue weighted by molar-refractivity contribution is -0.138. The maximum atomic E-state index is 12.9. The molecule has 0 aliphatic rings. The second-order valence-electron chi connectivity index (χ2n) is 10.7. The van der Waals surface area contributed by atoms with Crippen LogP contribution in [0.5, 0.6) is 0 Å². The van der Waals surface area contributed by atoms with Crippen LogP contribution < -0.4 is 21.3 Å². The van der Waals surface area contributed by atoms with Crippen molar-refractivity contribution < 1.29 is 45.5 Å². The zero-order chi connectivity index (χ0) is 36.1. The molecule has 14 heteroatoms. The van der Waals surface area contributed by atoms with Crippen LogP contribution in [0.3, 0.4) is 0 Å². The van der Waals surface area contributed by atoms with Crippen molar-refractivity contribution in [3.63, 3.8) is 0 Å². The summed E-state index contributed by atoms with van der Waals surface area (Å²) in [6.45, 7) is 0. The molecule has 0 aliphatic heterocycles. The molecule has 0 heterocycles. The molecule has 0 aliphatic carbocycles. The minimum atomic E-state index is -4.56. The van der Waals surface area contributed by atoms with Gasteiger partial charge in [0.05, 0.1) is 11.1 Å². The molecule has 5 aromatic rings. The highest BCUT2D eigenvalue weighted by molar-refractivity contribution is 6.08. The Hall–Kier alpha value is -6.44. The normalized spacial score (nSPS) is 11.3. The Morgan fingerprint density at radius 2 is 0.620 bits per heavy atom. The van der Waals surface area contributed by atoms with Gasteiger partial charge >= 0.3 is 12.4 Å². The van der Waals surface area contributed by atoms with Crippen molar-refractivity contribution in [2.45, 2.75) is 12.4 Å². The zero-order valence-electron chi connectivity index (χ0n) is 25.4. The molecule has 0 radical (unpaired) electrons. The molecular weight excluding hydrogens is 666 g/mol. The number of alkyl halides is 6. The van der Waals surface area contributed by atoms with Crippen LogP contribution in [0.25, 0.3) is 0 Å². The maximum absolute atomic E-state index is 12.9. The van der Waals surface area contributed by atoms with Crippen LogP contribution in [-0.4, -0.2) is 23.6 Å².